The number of nitrogens with one attached hydrogen (secondary N) is 1. The van der Waals surface area contributed by atoms with Crippen molar-refractivity contribution >= 4 is 40.0 Å². The Morgan fingerprint density at radius 3 is 2.63 bits per heavy atom. The SMILES string of the molecule is CNC(=O)CSc1nnc(N2CCN(C(=O)COc3ccccc3)CC2)s1. The topological polar surface area (TPSA) is 87.7 Å². The zero-order chi connectivity index (χ0) is 19.1. The van der Waals surface area contributed by atoms with E-state index < -0.39 is 0 Å². The monoisotopic (exact) mass is 407 g/mol. The van der Waals surface area contributed by atoms with Gasteiger partial charge in [0.15, 0.2) is 10.9 Å². The lowest BCUT2D eigenvalue weighted by Gasteiger charge is -2.34. The molecule has 1 aromatic heterocycles. The molecule has 144 valence electrons. The summed E-state index contributed by atoms with van der Waals surface area (Å²) in [6.45, 7) is 2.69. The maximum Gasteiger partial charge on any atom is 0.260 e. The average Bonchev–Trinajstić information content (AvgIpc) is 3.20. The van der Waals surface area contributed by atoms with Gasteiger partial charge in [0.25, 0.3) is 5.91 Å². The number of anilines is 1. The van der Waals surface area contributed by atoms with Crippen LogP contribution >= 0.6 is 23.1 Å². The summed E-state index contributed by atoms with van der Waals surface area (Å²) >= 11 is 2.84. The fourth-order valence-corrected chi connectivity index (χ4v) is 4.25. The standard InChI is InChI=1S/C17H21N5O3S2/c1-18-14(23)12-26-17-20-19-16(27-17)22-9-7-21(8-10-22)15(24)11-25-13-5-3-2-4-6-13/h2-6H,7-12H2,1H3,(H,18,23). The number of hydrogen-bond acceptors (Lipinski definition) is 8. The van der Waals surface area contributed by atoms with E-state index in [1.165, 1.54) is 23.1 Å². The maximum atomic E-state index is 12.3. The van der Waals surface area contributed by atoms with Crippen LogP contribution in [0.25, 0.3) is 0 Å². The average molecular weight is 408 g/mol. The van der Waals surface area contributed by atoms with Gasteiger partial charge in [-0.25, -0.2) is 0 Å². The molecule has 2 heterocycles. The molecule has 1 aliphatic heterocycles. The van der Waals surface area contributed by atoms with E-state index in [1.807, 2.05) is 35.2 Å². The van der Waals surface area contributed by atoms with Gasteiger partial charge in [0, 0.05) is 33.2 Å². The quantitative estimate of drug-likeness (QED) is 0.688. The summed E-state index contributed by atoms with van der Waals surface area (Å²) in [5, 5.41) is 11.7. The molecule has 0 saturated carbocycles. The van der Waals surface area contributed by atoms with Crippen molar-refractivity contribution in [3.63, 3.8) is 0 Å². The van der Waals surface area contributed by atoms with Gasteiger partial charge in [0.05, 0.1) is 5.75 Å². The first-order valence-electron chi connectivity index (χ1n) is 8.53. The van der Waals surface area contributed by atoms with Gasteiger partial charge in [-0.15, -0.1) is 10.2 Å². The zero-order valence-electron chi connectivity index (χ0n) is 15.0. The Labute approximate surface area is 165 Å². The predicted molar refractivity (Wildman–Crippen MR) is 105 cm³/mol. The molecule has 0 atom stereocenters. The summed E-state index contributed by atoms with van der Waals surface area (Å²) in [7, 11) is 1.61. The second-order valence-corrected chi connectivity index (χ2v) is 7.96. The van der Waals surface area contributed by atoms with Crippen molar-refractivity contribution in [3.05, 3.63) is 30.3 Å². The van der Waals surface area contributed by atoms with E-state index in [-0.39, 0.29) is 18.4 Å². The van der Waals surface area contributed by atoms with Crippen LogP contribution in [-0.2, 0) is 9.59 Å². The molecule has 1 saturated heterocycles. The Morgan fingerprint density at radius 1 is 1.19 bits per heavy atom. The van der Waals surface area contributed by atoms with E-state index in [0.29, 0.717) is 37.7 Å². The van der Waals surface area contributed by atoms with Crippen LogP contribution in [0.4, 0.5) is 5.13 Å². The van der Waals surface area contributed by atoms with E-state index >= 15 is 0 Å². The molecule has 1 fully saturated rings. The molecule has 3 rings (SSSR count). The molecule has 1 aliphatic rings. The summed E-state index contributed by atoms with van der Waals surface area (Å²) < 4.78 is 6.30. The molecule has 1 aromatic carbocycles. The molecule has 0 radical (unpaired) electrons. The van der Waals surface area contributed by atoms with Crippen LogP contribution in [0.15, 0.2) is 34.7 Å². The number of rotatable bonds is 7. The van der Waals surface area contributed by atoms with Crippen LogP contribution in [0.5, 0.6) is 5.75 Å². The van der Waals surface area contributed by atoms with Crippen LogP contribution in [0.1, 0.15) is 0 Å². The van der Waals surface area contributed by atoms with Crippen LogP contribution in [0, 0.1) is 0 Å². The third-order valence-corrected chi connectivity index (χ3v) is 6.13. The van der Waals surface area contributed by atoms with Gasteiger partial charge in [-0.3, -0.25) is 9.59 Å². The van der Waals surface area contributed by atoms with E-state index in [2.05, 4.69) is 20.4 Å². The summed E-state index contributed by atoms with van der Waals surface area (Å²) in [5.74, 6) is 0.966. The Hall–Kier alpha value is -2.33. The number of amides is 2. The van der Waals surface area contributed by atoms with Gasteiger partial charge in [0.1, 0.15) is 5.75 Å². The zero-order valence-corrected chi connectivity index (χ0v) is 16.6. The number of aromatic nitrogens is 2. The van der Waals surface area contributed by atoms with Crippen LogP contribution < -0.4 is 15.0 Å². The Morgan fingerprint density at radius 2 is 1.93 bits per heavy atom. The van der Waals surface area contributed by atoms with Gasteiger partial charge in [-0.05, 0) is 12.1 Å². The second-order valence-electron chi connectivity index (χ2n) is 5.78. The summed E-state index contributed by atoms with van der Waals surface area (Å²) in [6, 6.07) is 9.33. The summed E-state index contributed by atoms with van der Waals surface area (Å²) in [4.78, 5) is 27.5. The summed E-state index contributed by atoms with van der Waals surface area (Å²) in [5.41, 5.74) is 0. The molecule has 27 heavy (non-hydrogen) atoms. The molecule has 0 aliphatic carbocycles. The van der Waals surface area contributed by atoms with Crippen molar-refractivity contribution in [2.24, 2.45) is 0 Å². The van der Waals surface area contributed by atoms with Crippen molar-refractivity contribution in [3.8, 4) is 5.75 Å². The highest BCUT2D eigenvalue weighted by atomic mass is 32.2. The third-order valence-electron chi connectivity index (χ3n) is 4.01. The highest BCUT2D eigenvalue weighted by Crippen LogP contribution is 2.28. The lowest BCUT2D eigenvalue weighted by Crippen LogP contribution is -2.50. The molecule has 10 heteroatoms. The third kappa shape index (κ3) is 5.57. The van der Waals surface area contributed by atoms with Gasteiger partial charge >= 0.3 is 0 Å². The Kier molecular flexibility index (Phi) is 6.88. The van der Waals surface area contributed by atoms with Crippen LogP contribution in [-0.4, -0.2) is 72.5 Å². The van der Waals surface area contributed by atoms with E-state index in [0.717, 1.165) is 9.47 Å². The number of ether oxygens (including phenoxy) is 1. The van der Waals surface area contributed by atoms with Crippen molar-refractivity contribution in [2.45, 2.75) is 4.34 Å². The highest BCUT2D eigenvalue weighted by Gasteiger charge is 2.23. The van der Waals surface area contributed by atoms with Gasteiger partial charge in [-0.1, -0.05) is 41.3 Å². The summed E-state index contributed by atoms with van der Waals surface area (Å²) in [6.07, 6.45) is 0. The minimum Gasteiger partial charge on any atom is -0.484 e. The molecule has 2 aromatic rings. The lowest BCUT2D eigenvalue weighted by atomic mass is 10.3. The van der Waals surface area contributed by atoms with Crippen molar-refractivity contribution in [2.75, 3.05) is 50.5 Å². The van der Waals surface area contributed by atoms with E-state index in [9.17, 15) is 9.59 Å². The van der Waals surface area contributed by atoms with E-state index in [4.69, 9.17) is 4.74 Å². The minimum atomic E-state index is -0.0402. The molecule has 0 unspecified atom stereocenters. The van der Waals surface area contributed by atoms with Gasteiger partial charge in [-0.2, -0.15) is 0 Å². The lowest BCUT2D eigenvalue weighted by molar-refractivity contribution is -0.133. The van der Waals surface area contributed by atoms with E-state index in [1.54, 1.807) is 7.05 Å². The minimum absolute atomic E-state index is 0.0161. The van der Waals surface area contributed by atoms with Crippen LogP contribution in [0.3, 0.4) is 0 Å². The Bertz CT molecular complexity index is 763. The number of hydrogen-bond donors (Lipinski definition) is 1. The maximum absolute atomic E-state index is 12.3. The number of carbonyl (C=O) groups is 2. The molecule has 0 spiro atoms. The molecule has 1 N–H and O–H groups in total. The first-order chi connectivity index (χ1) is 13.2. The number of thioether (sulfide) groups is 1. The number of nitrogens with zero attached hydrogens (tertiary/aromatic N) is 4. The van der Waals surface area contributed by atoms with Crippen molar-refractivity contribution in [1.29, 1.82) is 0 Å². The first-order valence-corrected chi connectivity index (χ1v) is 10.3. The number of piperazine rings is 1. The molecule has 8 nitrogen and oxygen atoms in total. The smallest absolute Gasteiger partial charge is 0.260 e. The fraction of sp³-hybridized carbons (Fsp3) is 0.412. The van der Waals surface area contributed by atoms with Crippen LogP contribution in [0.2, 0.25) is 0 Å². The molecular weight excluding hydrogens is 386 g/mol. The van der Waals surface area contributed by atoms with Gasteiger partial charge in [0.2, 0.25) is 11.0 Å². The number of carbonyl (C=O) groups excluding carboxylic acids is 2. The highest BCUT2D eigenvalue weighted by molar-refractivity contribution is 8.01. The predicted octanol–water partition coefficient (Wildman–Crippen LogP) is 1.10. The normalized spacial score (nSPS) is 14.1. The van der Waals surface area contributed by atoms with Gasteiger partial charge < -0.3 is 19.9 Å². The molecule has 2 amide bonds. The molecular formula is C17H21N5O3S2. The largest absolute Gasteiger partial charge is 0.484 e. The number of para-hydroxylation sites is 1. The van der Waals surface area contributed by atoms with Crippen molar-refractivity contribution < 1.29 is 14.3 Å². The molecule has 0 bridgehead atoms. The number of benzene rings is 1. The first kappa shape index (κ1) is 19.4. The fourth-order valence-electron chi connectivity index (χ4n) is 2.49. The second kappa shape index (κ2) is 9.56. The van der Waals surface area contributed by atoms with Crippen molar-refractivity contribution in [1.82, 2.24) is 20.4 Å². The Balaban J connectivity index is 1.44.